The van der Waals surface area contributed by atoms with Crippen molar-refractivity contribution in [2.24, 2.45) is 10.7 Å². The van der Waals surface area contributed by atoms with Crippen LogP contribution in [-0.4, -0.2) is 25.9 Å². The van der Waals surface area contributed by atoms with Crippen LogP contribution in [0.15, 0.2) is 40.7 Å². The molecule has 0 aromatic heterocycles. The largest absolute Gasteiger partial charge is 0.492 e. The zero-order valence-electron chi connectivity index (χ0n) is 13.4. The molecule has 0 spiro atoms. The topological polar surface area (TPSA) is 73.9 Å². The van der Waals surface area contributed by atoms with Crippen LogP contribution < -0.4 is 10.5 Å². The van der Waals surface area contributed by atoms with E-state index in [4.69, 9.17) is 28.5 Å². The number of hydrogen-bond acceptors (Lipinski definition) is 5. The Morgan fingerprint density at radius 3 is 2.58 bits per heavy atom. The standard InChI is InChI=1S/C17H16ClFN2O3/c1-6-11(9(2)17(22)24-5)16(20)21-10(3)12-7-8-13(18)15(23-4)14(12)19/h1,7-8H,2,20H2,3-5H3/b16-11-,21-10+. The molecule has 0 aliphatic heterocycles. The molecule has 0 aliphatic carbocycles. The Morgan fingerprint density at radius 2 is 2.08 bits per heavy atom. The van der Waals surface area contributed by atoms with Crippen LogP contribution in [0.1, 0.15) is 12.5 Å². The van der Waals surface area contributed by atoms with Gasteiger partial charge in [0.1, 0.15) is 5.82 Å². The maximum Gasteiger partial charge on any atom is 0.338 e. The third kappa shape index (κ3) is 3.94. The number of ether oxygens (including phenoxy) is 2. The summed E-state index contributed by atoms with van der Waals surface area (Å²) in [4.78, 5) is 15.5. The first-order chi connectivity index (χ1) is 11.3. The SMILES string of the molecule is C#C/C(C(=C)C(=O)OC)=C(N)/N=C(\C)c1ccc(Cl)c(OC)c1F. The number of carbonyl (C=O) groups is 1. The number of nitrogens with zero attached hydrogens (tertiary/aromatic N) is 1. The summed E-state index contributed by atoms with van der Waals surface area (Å²) in [6.45, 7) is 5.04. The van der Waals surface area contributed by atoms with Crippen molar-refractivity contribution in [3.63, 3.8) is 0 Å². The van der Waals surface area contributed by atoms with Crippen LogP contribution in [0.3, 0.4) is 0 Å². The van der Waals surface area contributed by atoms with Gasteiger partial charge in [0.2, 0.25) is 0 Å². The van der Waals surface area contributed by atoms with Gasteiger partial charge in [-0.05, 0) is 19.1 Å². The van der Waals surface area contributed by atoms with Gasteiger partial charge < -0.3 is 15.2 Å². The fourth-order valence-corrected chi connectivity index (χ4v) is 2.06. The maximum atomic E-state index is 14.4. The lowest BCUT2D eigenvalue weighted by atomic mass is 10.1. The molecule has 0 radical (unpaired) electrons. The number of carbonyl (C=O) groups excluding carboxylic acids is 1. The summed E-state index contributed by atoms with van der Waals surface area (Å²) in [6, 6.07) is 2.89. The minimum atomic E-state index is -0.738. The second kappa shape index (κ2) is 8.18. The van der Waals surface area contributed by atoms with Gasteiger partial charge in [0.05, 0.1) is 36.1 Å². The van der Waals surface area contributed by atoms with Crippen LogP contribution in [0.4, 0.5) is 4.39 Å². The van der Waals surface area contributed by atoms with Gasteiger partial charge in [0, 0.05) is 5.56 Å². The van der Waals surface area contributed by atoms with E-state index in [-0.39, 0.29) is 39.0 Å². The van der Waals surface area contributed by atoms with Gasteiger partial charge in [0.25, 0.3) is 0 Å². The van der Waals surface area contributed by atoms with E-state index in [1.165, 1.54) is 33.3 Å². The summed E-state index contributed by atoms with van der Waals surface area (Å²) in [5.74, 6) is 0.526. The molecule has 0 amide bonds. The molecule has 0 saturated carbocycles. The van der Waals surface area contributed by atoms with Crippen LogP contribution in [-0.2, 0) is 9.53 Å². The van der Waals surface area contributed by atoms with Crippen LogP contribution >= 0.6 is 11.6 Å². The second-order valence-corrected chi connectivity index (χ2v) is 4.92. The van der Waals surface area contributed by atoms with Gasteiger partial charge in [-0.3, -0.25) is 0 Å². The lowest BCUT2D eigenvalue weighted by Gasteiger charge is -2.10. The van der Waals surface area contributed by atoms with E-state index in [0.29, 0.717) is 0 Å². The predicted molar refractivity (Wildman–Crippen MR) is 91.4 cm³/mol. The number of esters is 1. The lowest BCUT2D eigenvalue weighted by Crippen LogP contribution is -2.11. The molecule has 0 unspecified atom stereocenters. The molecule has 0 bridgehead atoms. The van der Waals surface area contributed by atoms with Crippen molar-refractivity contribution in [2.45, 2.75) is 6.92 Å². The second-order valence-electron chi connectivity index (χ2n) is 4.51. The third-order valence-corrected chi connectivity index (χ3v) is 3.36. The molecular formula is C17H16ClFN2O3. The summed E-state index contributed by atoms with van der Waals surface area (Å²) < 4.78 is 23.8. The minimum Gasteiger partial charge on any atom is -0.492 e. The van der Waals surface area contributed by atoms with Crippen LogP contribution in [0.2, 0.25) is 5.02 Å². The molecule has 24 heavy (non-hydrogen) atoms. The number of nitrogens with two attached hydrogens (primary N) is 1. The van der Waals surface area contributed by atoms with Gasteiger partial charge in [-0.25, -0.2) is 14.2 Å². The number of terminal acetylenes is 1. The highest BCUT2D eigenvalue weighted by Crippen LogP contribution is 2.30. The Balaban J connectivity index is 3.39. The van der Waals surface area contributed by atoms with Crippen molar-refractivity contribution < 1.29 is 18.7 Å². The van der Waals surface area contributed by atoms with Gasteiger partial charge >= 0.3 is 5.97 Å². The van der Waals surface area contributed by atoms with Crippen molar-refractivity contribution in [1.29, 1.82) is 0 Å². The van der Waals surface area contributed by atoms with E-state index in [1.807, 2.05) is 0 Å². The smallest absolute Gasteiger partial charge is 0.338 e. The average molecular weight is 351 g/mol. The quantitative estimate of drug-likeness (QED) is 0.291. The van der Waals surface area contributed by atoms with E-state index in [2.05, 4.69) is 22.2 Å². The zero-order valence-corrected chi connectivity index (χ0v) is 14.2. The molecule has 1 aromatic carbocycles. The Labute approximate surface area is 144 Å². The predicted octanol–water partition coefficient (Wildman–Crippen LogP) is 2.83. The van der Waals surface area contributed by atoms with Gasteiger partial charge in [-0.2, -0.15) is 0 Å². The third-order valence-electron chi connectivity index (χ3n) is 3.07. The molecule has 0 heterocycles. The molecule has 5 nitrogen and oxygen atoms in total. The molecular weight excluding hydrogens is 335 g/mol. The monoisotopic (exact) mass is 350 g/mol. The summed E-state index contributed by atoms with van der Waals surface area (Å²) >= 11 is 5.85. The van der Waals surface area contributed by atoms with Crippen LogP contribution in [0.5, 0.6) is 5.75 Å². The lowest BCUT2D eigenvalue weighted by molar-refractivity contribution is -0.135. The van der Waals surface area contributed by atoms with Gasteiger partial charge in [0.15, 0.2) is 11.6 Å². The molecule has 7 heteroatoms. The Bertz CT molecular complexity index is 792. The molecule has 1 aromatic rings. The highest BCUT2D eigenvalue weighted by atomic mass is 35.5. The maximum absolute atomic E-state index is 14.4. The first-order valence-electron chi connectivity index (χ1n) is 6.60. The number of methoxy groups -OCH3 is 2. The van der Waals surface area contributed by atoms with Gasteiger partial charge in [-0.1, -0.05) is 24.1 Å². The molecule has 0 aliphatic rings. The highest BCUT2D eigenvalue weighted by Gasteiger charge is 2.17. The Hall–Kier alpha value is -2.78. The Kier molecular flexibility index (Phi) is 6.57. The summed E-state index contributed by atoms with van der Waals surface area (Å²) in [5, 5.41) is 0.124. The van der Waals surface area contributed by atoms with Crippen molar-refractivity contribution in [2.75, 3.05) is 14.2 Å². The minimum absolute atomic E-state index is 0.0393. The first kappa shape index (κ1) is 19.3. The summed E-state index contributed by atoms with van der Waals surface area (Å²) in [5.41, 5.74) is 5.99. The number of rotatable bonds is 5. The fraction of sp³-hybridized carbons (Fsp3) is 0.176. The average Bonchev–Trinajstić information content (AvgIpc) is 2.54. The summed E-state index contributed by atoms with van der Waals surface area (Å²) in [7, 11) is 2.48. The first-order valence-corrected chi connectivity index (χ1v) is 6.97. The molecule has 0 atom stereocenters. The molecule has 0 fully saturated rings. The number of halogens is 2. The van der Waals surface area contributed by atoms with Crippen molar-refractivity contribution >= 4 is 23.3 Å². The fourth-order valence-electron chi connectivity index (χ4n) is 1.84. The van der Waals surface area contributed by atoms with E-state index in [9.17, 15) is 9.18 Å². The Morgan fingerprint density at radius 1 is 1.46 bits per heavy atom. The number of benzene rings is 1. The van der Waals surface area contributed by atoms with Crippen LogP contribution in [0, 0.1) is 18.2 Å². The van der Waals surface area contributed by atoms with Crippen molar-refractivity contribution in [1.82, 2.24) is 0 Å². The van der Waals surface area contributed by atoms with Crippen molar-refractivity contribution in [3.05, 3.63) is 52.1 Å². The van der Waals surface area contributed by atoms with Crippen LogP contribution in [0.25, 0.3) is 0 Å². The summed E-state index contributed by atoms with van der Waals surface area (Å²) in [6.07, 6.45) is 5.34. The zero-order chi connectivity index (χ0) is 18.4. The van der Waals surface area contributed by atoms with Crippen molar-refractivity contribution in [3.8, 4) is 18.1 Å². The molecule has 2 N–H and O–H groups in total. The highest BCUT2D eigenvalue weighted by molar-refractivity contribution is 6.32. The number of hydrogen-bond donors (Lipinski definition) is 1. The normalized spacial score (nSPS) is 12.1. The van der Waals surface area contributed by atoms with E-state index in [1.54, 1.807) is 0 Å². The molecule has 0 saturated heterocycles. The molecule has 126 valence electrons. The van der Waals surface area contributed by atoms with E-state index >= 15 is 0 Å². The van der Waals surface area contributed by atoms with Gasteiger partial charge in [-0.15, -0.1) is 6.42 Å². The van der Waals surface area contributed by atoms with E-state index < -0.39 is 11.8 Å². The van der Waals surface area contributed by atoms with E-state index in [0.717, 1.165) is 0 Å². The molecule has 1 rings (SSSR count). The number of aliphatic imine (C=N–C) groups is 1.